The highest BCUT2D eigenvalue weighted by Gasteiger charge is 2.25. The number of aromatic nitrogens is 8. The first-order valence-electron chi connectivity index (χ1n) is 18.6. The van der Waals surface area contributed by atoms with Crippen LogP contribution in [0.3, 0.4) is 0 Å². The lowest BCUT2D eigenvalue weighted by molar-refractivity contribution is 0.0302. The third kappa shape index (κ3) is 11.3. The van der Waals surface area contributed by atoms with E-state index < -0.39 is 5.60 Å². The highest BCUT2D eigenvalue weighted by atomic mass is 16.5. The third-order valence-electron chi connectivity index (χ3n) is 9.08. The summed E-state index contributed by atoms with van der Waals surface area (Å²) in [6.07, 6.45) is 21.9. The van der Waals surface area contributed by atoms with Gasteiger partial charge in [-0.05, 0) is 104 Å². The van der Waals surface area contributed by atoms with Crippen molar-refractivity contribution in [1.82, 2.24) is 49.0 Å². The number of hydrogen-bond acceptors (Lipinski definition) is 11. The molecule has 0 radical (unpaired) electrons. The number of piperidine rings is 2. The Morgan fingerprint density at radius 2 is 1.11 bits per heavy atom. The van der Waals surface area contributed by atoms with Crippen LogP contribution in [0.2, 0.25) is 0 Å². The number of likely N-dealkylation sites (tertiary alicyclic amines) is 2. The van der Waals surface area contributed by atoms with Crippen LogP contribution < -0.4 is 4.74 Å². The number of fused-ring (bicyclic) bond motifs is 2. The van der Waals surface area contributed by atoms with Gasteiger partial charge in [0.25, 0.3) is 0 Å². The molecule has 2 saturated heterocycles. The summed E-state index contributed by atoms with van der Waals surface area (Å²) in [5, 5.41) is 27.0. The van der Waals surface area contributed by atoms with Crippen molar-refractivity contribution in [3.05, 3.63) is 86.0 Å². The molecule has 2 fully saturated rings. The Morgan fingerprint density at radius 3 is 1.58 bits per heavy atom. The molecule has 2 aliphatic heterocycles. The molecule has 0 saturated carbocycles. The highest BCUT2D eigenvalue weighted by Crippen LogP contribution is 2.24. The molecule has 8 heterocycles. The molecule has 2 aliphatic rings. The van der Waals surface area contributed by atoms with Gasteiger partial charge in [-0.15, -0.1) is 0 Å². The Kier molecular flexibility index (Phi) is 12.3. The van der Waals surface area contributed by atoms with Crippen molar-refractivity contribution >= 4 is 11.3 Å². The fraction of sp³-hybridized carbons (Fsp3) is 0.450. The first-order valence-corrected chi connectivity index (χ1v) is 18.6. The van der Waals surface area contributed by atoms with Crippen LogP contribution in [0, 0.1) is 0 Å². The summed E-state index contributed by atoms with van der Waals surface area (Å²) in [6, 6.07) is 11.0. The van der Waals surface area contributed by atoms with Gasteiger partial charge < -0.3 is 19.8 Å². The van der Waals surface area contributed by atoms with Crippen LogP contribution >= 0.6 is 0 Å². The maximum Gasteiger partial charge on any atom is 0.154 e. The summed E-state index contributed by atoms with van der Waals surface area (Å²) in [5.74, 6) is 0.945. The van der Waals surface area contributed by atoms with E-state index in [0.29, 0.717) is 0 Å². The molecule has 6 aromatic heterocycles. The van der Waals surface area contributed by atoms with E-state index in [-0.39, 0.29) is 11.4 Å². The second kappa shape index (κ2) is 17.2. The van der Waals surface area contributed by atoms with Gasteiger partial charge in [0.1, 0.15) is 17.1 Å². The zero-order valence-electron chi connectivity index (χ0n) is 31.3. The average Bonchev–Trinajstić information content (AvgIpc) is 3.82. The standard InChI is InChI=1S/C20H25N5O.C11H8N4O.C9H19NO/c1-20(2,15-24-10-4-3-5-11-24)26-17-6-7-18(21-13-17)16-12-22-19-8-9-23-25(19)14-16;16-9-1-2-10(12-6-9)8-5-13-11-3-4-14-15(11)7-8;1-9(2,11)8-10-6-4-3-5-7-10/h6-9,12-14H,3-5,10-11,15H2,1-2H3;1-7,16H;11H,3-8H2,1-2H3. The molecule has 13 heteroatoms. The van der Waals surface area contributed by atoms with Gasteiger partial charge in [0, 0.05) is 61.1 Å². The van der Waals surface area contributed by atoms with Crippen LogP contribution in [-0.2, 0) is 0 Å². The summed E-state index contributed by atoms with van der Waals surface area (Å²) in [6.45, 7) is 14.5. The number of pyridine rings is 2. The van der Waals surface area contributed by atoms with Gasteiger partial charge in [0.05, 0.1) is 41.8 Å². The molecule has 280 valence electrons. The lowest BCUT2D eigenvalue weighted by atomic mass is 10.1. The van der Waals surface area contributed by atoms with E-state index in [0.717, 1.165) is 52.6 Å². The van der Waals surface area contributed by atoms with Crippen LogP contribution in [-0.4, -0.2) is 110 Å². The lowest BCUT2D eigenvalue weighted by Gasteiger charge is -2.35. The van der Waals surface area contributed by atoms with Gasteiger partial charge >= 0.3 is 0 Å². The quantitative estimate of drug-likeness (QED) is 0.186. The molecule has 53 heavy (non-hydrogen) atoms. The zero-order chi connectivity index (χ0) is 37.3. The fourth-order valence-corrected chi connectivity index (χ4v) is 6.72. The van der Waals surface area contributed by atoms with Crippen molar-refractivity contribution < 1.29 is 14.9 Å². The van der Waals surface area contributed by atoms with Crippen molar-refractivity contribution in [3.63, 3.8) is 0 Å². The molecule has 2 N–H and O–H groups in total. The number of hydrogen-bond donors (Lipinski definition) is 2. The number of aromatic hydroxyl groups is 1. The second-order valence-corrected chi connectivity index (χ2v) is 15.1. The summed E-state index contributed by atoms with van der Waals surface area (Å²) in [4.78, 5) is 22.1. The minimum Gasteiger partial charge on any atom is -0.506 e. The van der Waals surface area contributed by atoms with E-state index >= 15 is 0 Å². The molecule has 0 aromatic carbocycles. The molecule has 0 aliphatic carbocycles. The summed E-state index contributed by atoms with van der Waals surface area (Å²) in [5.41, 5.74) is 4.26. The maximum atomic E-state index is 9.53. The molecule has 0 unspecified atom stereocenters. The topological polar surface area (TPSA) is 142 Å². The predicted octanol–water partition coefficient (Wildman–Crippen LogP) is 6.17. The van der Waals surface area contributed by atoms with E-state index in [1.54, 1.807) is 46.0 Å². The predicted molar refractivity (Wildman–Crippen MR) is 206 cm³/mol. The van der Waals surface area contributed by atoms with Crippen LogP contribution in [0.1, 0.15) is 66.2 Å². The van der Waals surface area contributed by atoms with Gasteiger partial charge in [-0.3, -0.25) is 14.9 Å². The van der Waals surface area contributed by atoms with Gasteiger partial charge in [0.2, 0.25) is 0 Å². The first-order chi connectivity index (χ1) is 25.5. The van der Waals surface area contributed by atoms with Crippen molar-refractivity contribution in [3.8, 4) is 34.0 Å². The van der Waals surface area contributed by atoms with Crippen molar-refractivity contribution in [2.75, 3.05) is 39.3 Å². The number of nitrogens with zero attached hydrogens (tertiary/aromatic N) is 10. The molecule has 0 spiro atoms. The number of β-amino-alcohol motifs (C(OH)–C–C–N with tert-alkyl or cyclic N) is 1. The van der Waals surface area contributed by atoms with Gasteiger partial charge in [-0.2, -0.15) is 10.2 Å². The number of ether oxygens (including phenoxy) is 1. The fourth-order valence-electron chi connectivity index (χ4n) is 6.72. The van der Waals surface area contributed by atoms with E-state index in [4.69, 9.17) is 9.84 Å². The van der Waals surface area contributed by atoms with E-state index in [9.17, 15) is 5.11 Å². The minimum atomic E-state index is -0.517. The van der Waals surface area contributed by atoms with E-state index in [1.807, 2.05) is 56.7 Å². The number of aliphatic hydroxyl groups is 1. The summed E-state index contributed by atoms with van der Waals surface area (Å²) in [7, 11) is 0. The Morgan fingerprint density at radius 1 is 0.604 bits per heavy atom. The third-order valence-corrected chi connectivity index (χ3v) is 9.08. The molecule has 0 atom stereocenters. The Hall–Kier alpha value is -4.98. The maximum absolute atomic E-state index is 9.53. The van der Waals surface area contributed by atoms with Crippen molar-refractivity contribution in [1.29, 1.82) is 0 Å². The molecular formula is C40H52N10O3. The first kappa shape index (κ1) is 37.8. The van der Waals surface area contributed by atoms with E-state index in [2.05, 4.69) is 53.8 Å². The van der Waals surface area contributed by atoms with Crippen LogP contribution in [0.15, 0.2) is 86.0 Å². The highest BCUT2D eigenvalue weighted by molar-refractivity contribution is 5.60. The van der Waals surface area contributed by atoms with Gasteiger partial charge in [-0.25, -0.2) is 19.0 Å². The Balaban J connectivity index is 0.000000151. The average molecular weight is 721 g/mol. The molecule has 13 nitrogen and oxygen atoms in total. The minimum absolute atomic E-state index is 0.150. The van der Waals surface area contributed by atoms with E-state index in [1.165, 1.54) is 70.9 Å². The summed E-state index contributed by atoms with van der Waals surface area (Å²) < 4.78 is 9.65. The van der Waals surface area contributed by atoms with Crippen LogP contribution in [0.25, 0.3) is 33.8 Å². The molecule has 0 bridgehead atoms. The van der Waals surface area contributed by atoms with Crippen LogP contribution in [0.4, 0.5) is 0 Å². The lowest BCUT2D eigenvalue weighted by Crippen LogP contribution is -2.44. The summed E-state index contributed by atoms with van der Waals surface area (Å²) >= 11 is 0. The van der Waals surface area contributed by atoms with Crippen LogP contribution in [0.5, 0.6) is 11.5 Å². The molecule has 0 amide bonds. The molecule has 6 aromatic rings. The SMILES string of the molecule is CC(C)(CN1CCCCC1)Oc1ccc(-c2cnc3ccnn3c2)nc1.CC(C)(O)CN1CCCCC1.Oc1ccc(-c2cnc3ccnn3c2)nc1. The second-order valence-electron chi connectivity index (χ2n) is 15.1. The van der Waals surface area contributed by atoms with Crippen molar-refractivity contribution in [2.45, 2.75) is 77.4 Å². The largest absolute Gasteiger partial charge is 0.506 e. The Labute approximate surface area is 311 Å². The number of rotatable bonds is 8. The Bertz CT molecular complexity index is 2010. The van der Waals surface area contributed by atoms with Crippen molar-refractivity contribution in [2.24, 2.45) is 0 Å². The monoisotopic (exact) mass is 720 g/mol. The molecule has 8 rings (SSSR count). The zero-order valence-corrected chi connectivity index (χ0v) is 31.3. The van der Waals surface area contributed by atoms with Gasteiger partial charge in [0.15, 0.2) is 11.3 Å². The normalized spacial score (nSPS) is 15.7. The smallest absolute Gasteiger partial charge is 0.154 e. The molecular weight excluding hydrogens is 669 g/mol. The van der Waals surface area contributed by atoms with Gasteiger partial charge in [-0.1, -0.05) is 12.8 Å².